The SMILES string of the molecule is Cc1cc(Oc2ccc(C#N)cc2Cl)n(C)n1. The van der Waals surface area contributed by atoms with Crippen LogP contribution in [0.3, 0.4) is 0 Å². The summed E-state index contributed by atoms with van der Waals surface area (Å²) in [6.07, 6.45) is 0. The summed E-state index contributed by atoms with van der Waals surface area (Å²) >= 11 is 6.01. The second-order valence-corrected chi connectivity index (χ2v) is 4.01. The quantitative estimate of drug-likeness (QED) is 0.820. The summed E-state index contributed by atoms with van der Waals surface area (Å²) in [5.41, 5.74) is 1.37. The van der Waals surface area contributed by atoms with Crippen molar-refractivity contribution in [2.24, 2.45) is 7.05 Å². The lowest BCUT2D eigenvalue weighted by Gasteiger charge is -2.07. The molecular formula is C12H10ClN3O. The predicted octanol–water partition coefficient (Wildman–Crippen LogP) is 3.05. The molecule has 0 unspecified atom stereocenters. The van der Waals surface area contributed by atoms with Gasteiger partial charge in [0.05, 0.1) is 22.3 Å². The Morgan fingerprint density at radius 3 is 2.71 bits per heavy atom. The highest BCUT2D eigenvalue weighted by Crippen LogP contribution is 2.29. The summed E-state index contributed by atoms with van der Waals surface area (Å²) in [6, 6.07) is 8.73. The van der Waals surface area contributed by atoms with Gasteiger partial charge in [0.15, 0.2) is 0 Å². The van der Waals surface area contributed by atoms with Gasteiger partial charge in [-0.1, -0.05) is 11.6 Å². The molecule has 0 atom stereocenters. The van der Waals surface area contributed by atoms with E-state index >= 15 is 0 Å². The van der Waals surface area contributed by atoms with Crippen molar-refractivity contribution < 1.29 is 4.74 Å². The molecular weight excluding hydrogens is 238 g/mol. The zero-order valence-electron chi connectivity index (χ0n) is 9.44. The largest absolute Gasteiger partial charge is 0.438 e. The summed E-state index contributed by atoms with van der Waals surface area (Å²) in [7, 11) is 1.79. The lowest BCUT2D eigenvalue weighted by atomic mass is 10.2. The van der Waals surface area contributed by atoms with Gasteiger partial charge in [0.1, 0.15) is 5.75 Å². The normalized spacial score (nSPS) is 10.0. The topological polar surface area (TPSA) is 50.8 Å². The van der Waals surface area contributed by atoms with Gasteiger partial charge in [0, 0.05) is 13.1 Å². The van der Waals surface area contributed by atoms with Crippen LogP contribution in [-0.4, -0.2) is 9.78 Å². The van der Waals surface area contributed by atoms with Crippen LogP contribution in [-0.2, 0) is 7.05 Å². The van der Waals surface area contributed by atoms with Crippen LogP contribution in [0.1, 0.15) is 11.3 Å². The van der Waals surface area contributed by atoms with Crippen LogP contribution in [0.25, 0.3) is 0 Å². The third-order valence-electron chi connectivity index (χ3n) is 2.23. The second-order valence-electron chi connectivity index (χ2n) is 3.61. The Labute approximate surface area is 104 Å². The van der Waals surface area contributed by atoms with E-state index in [1.807, 2.05) is 19.1 Å². The predicted molar refractivity (Wildman–Crippen MR) is 64.2 cm³/mol. The number of nitriles is 1. The Morgan fingerprint density at radius 1 is 1.41 bits per heavy atom. The smallest absolute Gasteiger partial charge is 0.217 e. The van der Waals surface area contributed by atoms with Crippen molar-refractivity contribution in [3.8, 4) is 17.7 Å². The van der Waals surface area contributed by atoms with Gasteiger partial charge in [0.2, 0.25) is 5.88 Å². The minimum absolute atomic E-state index is 0.405. The van der Waals surface area contributed by atoms with Gasteiger partial charge >= 0.3 is 0 Å². The highest BCUT2D eigenvalue weighted by atomic mass is 35.5. The molecule has 2 aromatic rings. The zero-order valence-corrected chi connectivity index (χ0v) is 10.2. The van der Waals surface area contributed by atoms with Crippen molar-refractivity contribution in [1.29, 1.82) is 5.26 Å². The van der Waals surface area contributed by atoms with Crippen molar-refractivity contribution in [2.45, 2.75) is 6.92 Å². The molecule has 0 aliphatic heterocycles. The summed E-state index contributed by atoms with van der Waals surface area (Å²) in [5.74, 6) is 1.11. The van der Waals surface area contributed by atoms with Crippen LogP contribution in [0.5, 0.6) is 11.6 Å². The molecule has 0 bridgehead atoms. The van der Waals surface area contributed by atoms with Crippen LogP contribution in [0.4, 0.5) is 0 Å². The van der Waals surface area contributed by atoms with Crippen LogP contribution < -0.4 is 4.74 Å². The fourth-order valence-corrected chi connectivity index (χ4v) is 1.67. The van der Waals surface area contributed by atoms with E-state index < -0.39 is 0 Å². The van der Waals surface area contributed by atoms with Crippen molar-refractivity contribution in [1.82, 2.24) is 9.78 Å². The number of nitrogens with zero attached hydrogens (tertiary/aromatic N) is 3. The molecule has 1 aromatic heterocycles. The number of aryl methyl sites for hydroxylation is 2. The lowest BCUT2D eigenvalue weighted by Crippen LogP contribution is -1.95. The Morgan fingerprint density at radius 2 is 2.18 bits per heavy atom. The van der Waals surface area contributed by atoms with Gasteiger partial charge in [0.25, 0.3) is 0 Å². The molecule has 1 aromatic carbocycles. The Balaban J connectivity index is 2.31. The van der Waals surface area contributed by atoms with Crippen LogP contribution in [0.15, 0.2) is 24.3 Å². The maximum absolute atomic E-state index is 8.73. The highest BCUT2D eigenvalue weighted by molar-refractivity contribution is 6.32. The van der Waals surface area contributed by atoms with Crippen LogP contribution in [0.2, 0.25) is 5.02 Å². The van der Waals surface area contributed by atoms with Gasteiger partial charge in [-0.05, 0) is 25.1 Å². The van der Waals surface area contributed by atoms with Crippen LogP contribution >= 0.6 is 11.6 Å². The number of rotatable bonds is 2. The zero-order chi connectivity index (χ0) is 12.4. The van der Waals surface area contributed by atoms with E-state index in [1.165, 1.54) is 0 Å². The Kier molecular flexibility index (Phi) is 3.03. The molecule has 5 heteroatoms. The van der Waals surface area contributed by atoms with Gasteiger partial charge in [-0.15, -0.1) is 0 Å². The number of aromatic nitrogens is 2. The minimum Gasteiger partial charge on any atom is -0.438 e. The maximum atomic E-state index is 8.73. The molecule has 1 heterocycles. The summed E-state index contributed by atoms with van der Waals surface area (Å²) < 4.78 is 7.25. The van der Waals surface area contributed by atoms with Gasteiger partial charge in [-0.3, -0.25) is 0 Å². The molecule has 0 spiro atoms. The lowest BCUT2D eigenvalue weighted by molar-refractivity contribution is 0.431. The standard InChI is InChI=1S/C12H10ClN3O/c1-8-5-12(16(2)15-8)17-11-4-3-9(7-14)6-10(11)13/h3-6H,1-2H3. The Hall–Kier alpha value is -1.99. The average Bonchev–Trinajstić information content (AvgIpc) is 2.60. The summed E-state index contributed by atoms with van der Waals surface area (Å²) in [4.78, 5) is 0. The van der Waals surface area contributed by atoms with E-state index in [9.17, 15) is 0 Å². The first-order valence-electron chi connectivity index (χ1n) is 4.98. The van der Waals surface area contributed by atoms with E-state index in [1.54, 1.807) is 29.9 Å². The highest BCUT2D eigenvalue weighted by Gasteiger charge is 2.08. The van der Waals surface area contributed by atoms with Crippen molar-refractivity contribution in [2.75, 3.05) is 0 Å². The van der Waals surface area contributed by atoms with Crippen molar-refractivity contribution in [3.63, 3.8) is 0 Å². The molecule has 0 aliphatic rings. The number of hydrogen-bond acceptors (Lipinski definition) is 3. The first-order chi connectivity index (χ1) is 8.10. The third kappa shape index (κ3) is 2.40. The van der Waals surface area contributed by atoms with Gasteiger partial charge < -0.3 is 4.74 Å². The molecule has 0 N–H and O–H groups in total. The van der Waals surface area contributed by atoms with E-state index in [0.29, 0.717) is 22.2 Å². The van der Waals surface area contributed by atoms with E-state index in [4.69, 9.17) is 21.6 Å². The van der Waals surface area contributed by atoms with E-state index in [-0.39, 0.29) is 0 Å². The molecule has 17 heavy (non-hydrogen) atoms. The fraction of sp³-hybridized carbons (Fsp3) is 0.167. The van der Waals surface area contributed by atoms with Crippen molar-refractivity contribution >= 4 is 11.6 Å². The molecule has 86 valence electrons. The van der Waals surface area contributed by atoms with Crippen molar-refractivity contribution in [3.05, 3.63) is 40.5 Å². The molecule has 0 radical (unpaired) electrons. The average molecular weight is 248 g/mol. The maximum Gasteiger partial charge on any atom is 0.217 e. The summed E-state index contributed by atoms with van der Waals surface area (Å²) in [5, 5.41) is 13.3. The van der Waals surface area contributed by atoms with E-state index in [0.717, 1.165) is 5.69 Å². The first-order valence-corrected chi connectivity index (χ1v) is 5.36. The summed E-state index contributed by atoms with van der Waals surface area (Å²) in [6.45, 7) is 1.88. The number of halogens is 1. The second kappa shape index (κ2) is 4.48. The molecule has 4 nitrogen and oxygen atoms in total. The van der Waals surface area contributed by atoms with E-state index in [2.05, 4.69) is 5.10 Å². The molecule has 0 aliphatic carbocycles. The first kappa shape index (κ1) is 11.5. The minimum atomic E-state index is 0.405. The third-order valence-corrected chi connectivity index (χ3v) is 2.53. The molecule has 0 amide bonds. The Bertz CT molecular complexity index is 598. The monoisotopic (exact) mass is 247 g/mol. The molecule has 0 saturated carbocycles. The number of hydrogen-bond donors (Lipinski definition) is 0. The number of ether oxygens (including phenoxy) is 1. The molecule has 0 fully saturated rings. The van der Waals surface area contributed by atoms with Crippen LogP contribution in [0, 0.1) is 18.3 Å². The van der Waals surface area contributed by atoms with Gasteiger partial charge in [-0.25, -0.2) is 4.68 Å². The van der Waals surface area contributed by atoms with Gasteiger partial charge in [-0.2, -0.15) is 10.4 Å². The molecule has 2 rings (SSSR count). The molecule has 0 saturated heterocycles. The number of benzene rings is 1. The fourth-order valence-electron chi connectivity index (χ4n) is 1.45.